The van der Waals surface area contributed by atoms with Gasteiger partial charge >= 0.3 is 0 Å². The zero-order valence-corrected chi connectivity index (χ0v) is 13.4. The van der Waals surface area contributed by atoms with Gasteiger partial charge in [-0.2, -0.15) is 0 Å². The number of benzene rings is 1. The van der Waals surface area contributed by atoms with Crippen LogP contribution in [0.2, 0.25) is 0 Å². The summed E-state index contributed by atoms with van der Waals surface area (Å²) in [6.07, 6.45) is 5.22. The van der Waals surface area contributed by atoms with E-state index in [2.05, 4.69) is 35.6 Å². The number of hydrogen-bond donors (Lipinski definition) is 0. The average Bonchev–Trinajstić information content (AvgIpc) is 2.67. The van der Waals surface area contributed by atoms with Gasteiger partial charge in [-0.3, -0.25) is 0 Å². The third kappa shape index (κ3) is 2.16. The molecule has 4 rings (SSSR count). The maximum atomic E-state index is 13.7. The monoisotopic (exact) mass is 299 g/mol. The molecule has 2 aliphatic rings. The van der Waals surface area contributed by atoms with Gasteiger partial charge in [0.15, 0.2) is 0 Å². The van der Waals surface area contributed by atoms with Crippen LogP contribution < -0.4 is 4.90 Å². The summed E-state index contributed by atoms with van der Waals surface area (Å²) in [6.45, 7) is 8.10. The van der Waals surface area contributed by atoms with E-state index in [0.717, 1.165) is 23.3 Å². The van der Waals surface area contributed by atoms with E-state index in [0.29, 0.717) is 16.9 Å². The first-order valence-corrected chi connectivity index (χ1v) is 8.02. The zero-order chi connectivity index (χ0) is 15.5. The van der Waals surface area contributed by atoms with Crippen LogP contribution in [0.4, 0.5) is 10.2 Å². The Kier molecular flexibility index (Phi) is 2.78. The van der Waals surface area contributed by atoms with Crippen LogP contribution in [0.3, 0.4) is 0 Å². The lowest BCUT2D eigenvalue weighted by Gasteiger charge is -2.39. The summed E-state index contributed by atoms with van der Waals surface area (Å²) in [4.78, 5) is 11.2. The molecular formula is C18H22FN3. The highest BCUT2D eigenvalue weighted by Crippen LogP contribution is 2.53. The van der Waals surface area contributed by atoms with Crippen molar-refractivity contribution in [2.24, 2.45) is 10.8 Å². The standard InChI is InChI=1S/C18H22FN3/c1-17(2)7-13-8-18(3,9-17)10-22(13)16-14-6-12(19)4-5-15(14)20-11-21-16/h4-6,11,13H,7-10H2,1-3H3. The van der Waals surface area contributed by atoms with Crippen molar-refractivity contribution in [3.8, 4) is 0 Å². The molecular weight excluding hydrogens is 277 g/mol. The number of rotatable bonds is 1. The topological polar surface area (TPSA) is 29.0 Å². The Bertz CT molecular complexity index is 742. The molecule has 1 saturated carbocycles. The molecule has 0 amide bonds. The summed E-state index contributed by atoms with van der Waals surface area (Å²) < 4.78 is 13.7. The Balaban J connectivity index is 1.82. The van der Waals surface area contributed by atoms with E-state index in [1.807, 2.05) is 0 Å². The minimum absolute atomic E-state index is 0.225. The van der Waals surface area contributed by atoms with Crippen molar-refractivity contribution in [2.75, 3.05) is 11.4 Å². The first kappa shape index (κ1) is 13.9. The number of hydrogen-bond acceptors (Lipinski definition) is 3. The fourth-order valence-electron chi connectivity index (χ4n) is 4.95. The lowest BCUT2D eigenvalue weighted by Crippen LogP contribution is -2.35. The van der Waals surface area contributed by atoms with Gasteiger partial charge in [-0.1, -0.05) is 20.8 Å². The lowest BCUT2D eigenvalue weighted by molar-refractivity contribution is 0.136. The predicted octanol–water partition coefficient (Wildman–Crippen LogP) is 4.17. The molecule has 2 unspecified atom stereocenters. The summed E-state index contributed by atoms with van der Waals surface area (Å²) in [5.41, 5.74) is 1.51. The summed E-state index contributed by atoms with van der Waals surface area (Å²) in [5, 5.41) is 0.830. The van der Waals surface area contributed by atoms with Gasteiger partial charge < -0.3 is 4.90 Å². The van der Waals surface area contributed by atoms with Crippen LogP contribution in [-0.4, -0.2) is 22.6 Å². The van der Waals surface area contributed by atoms with E-state index in [4.69, 9.17) is 0 Å². The van der Waals surface area contributed by atoms with Crippen molar-refractivity contribution < 1.29 is 4.39 Å². The maximum absolute atomic E-state index is 13.7. The van der Waals surface area contributed by atoms with Crippen molar-refractivity contribution in [2.45, 2.75) is 46.1 Å². The number of halogens is 1. The molecule has 2 aromatic rings. The van der Waals surface area contributed by atoms with Crippen molar-refractivity contribution in [3.63, 3.8) is 0 Å². The van der Waals surface area contributed by atoms with Crippen LogP contribution in [0.1, 0.15) is 40.0 Å². The zero-order valence-electron chi connectivity index (χ0n) is 13.4. The number of aromatic nitrogens is 2. The van der Waals surface area contributed by atoms with Crippen LogP contribution in [0.5, 0.6) is 0 Å². The summed E-state index contributed by atoms with van der Waals surface area (Å²) in [5.74, 6) is 0.674. The molecule has 2 fully saturated rings. The second-order valence-electron chi connectivity index (χ2n) is 8.20. The highest BCUT2D eigenvalue weighted by molar-refractivity contribution is 5.89. The molecule has 2 heterocycles. The third-order valence-electron chi connectivity index (χ3n) is 5.26. The van der Waals surface area contributed by atoms with Crippen LogP contribution in [0, 0.1) is 16.6 Å². The van der Waals surface area contributed by atoms with E-state index >= 15 is 0 Å². The van der Waals surface area contributed by atoms with Crippen LogP contribution in [-0.2, 0) is 0 Å². The molecule has 3 nitrogen and oxygen atoms in total. The van der Waals surface area contributed by atoms with E-state index in [1.165, 1.54) is 25.3 Å². The van der Waals surface area contributed by atoms with Gasteiger partial charge in [0.25, 0.3) is 0 Å². The van der Waals surface area contributed by atoms with E-state index in [9.17, 15) is 4.39 Å². The molecule has 0 radical (unpaired) electrons. The average molecular weight is 299 g/mol. The fourth-order valence-corrected chi connectivity index (χ4v) is 4.95. The summed E-state index contributed by atoms with van der Waals surface area (Å²) >= 11 is 0. The van der Waals surface area contributed by atoms with Gasteiger partial charge in [-0.05, 0) is 48.3 Å². The van der Waals surface area contributed by atoms with Gasteiger partial charge in [0.1, 0.15) is 18.0 Å². The quantitative estimate of drug-likeness (QED) is 0.791. The van der Waals surface area contributed by atoms with Crippen molar-refractivity contribution in [1.29, 1.82) is 0 Å². The molecule has 1 aliphatic carbocycles. The molecule has 2 bridgehead atoms. The van der Waals surface area contributed by atoms with Crippen LogP contribution >= 0.6 is 0 Å². The molecule has 1 aromatic heterocycles. The summed E-state index contributed by atoms with van der Waals surface area (Å²) in [7, 11) is 0. The SMILES string of the molecule is CC1(C)CC2CC(C)(CN2c2ncnc3ccc(F)cc23)C1. The lowest BCUT2D eigenvalue weighted by atomic mass is 9.65. The first-order chi connectivity index (χ1) is 10.4. The maximum Gasteiger partial charge on any atom is 0.140 e. The Morgan fingerprint density at radius 1 is 1.18 bits per heavy atom. The highest BCUT2D eigenvalue weighted by atomic mass is 19.1. The Morgan fingerprint density at radius 2 is 2.00 bits per heavy atom. The smallest absolute Gasteiger partial charge is 0.140 e. The van der Waals surface area contributed by atoms with E-state index < -0.39 is 0 Å². The number of nitrogens with zero attached hydrogens (tertiary/aromatic N) is 3. The molecule has 0 spiro atoms. The van der Waals surface area contributed by atoms with E-state index in [1.54, 1.807) is 18.5 Å². The van der Waals surface area contributed by atoms with Gasteiger partial charge in [-0.25, -0.2) is 14.4 Å². The molecule has 1 saturated heterocycles. The molecule has 22 heavy (non-hydrogen) atoms. The summed E-state index contributed by atoms with van der Waals surface area (Å²) in [6, 6.07) is 5.27. The van der Waals surface area contributed by atoms with Gasteiger partial charge in [-0.15, -0.1) is 0 Å². The third-order valence-corrected chi connectivity index (χ3v) is 5.26. The molecule has 0 N–H and O–H groups in total. The second-order valence-corrected chi connectivity index (χ2v) is 8.20. The van der Waals surface area contributed by atoms with Crippen molar-refractivity contribution in [3.05, 3.63) is 30.3 Å². The highest BCUT2D eigenvalue weighted by Gasteiger charge is 2.50. The minimum atomic E-state index is -0.225. The van der Waals surface area contributed by atoms with Crippen LogP contribution in [0.25, 0.3) is 10.9 Å². The molecule has 1 aliphatic heterocycles. The molecule has 116 valence electrons. The van der Waals surface area contributed by atoms with E-state index in [-0.39, 0.29) is 5.82 Å². The largest absolute Gasteiger partial charge is 0.352 e. The Hall–Kier alpha value is -1.71. The number of anilines is 1. The number of fused-ring (bicyclic) bond motifs is 3. The van der Waals surface area contributed by atoms with Gasteiger partial charge in [0.2, 0.25) is 0 Å². The Morgan fingerprint density at radius 3 is 2.82 bits per heavy atom. The Labute approximate surface area is 130 Å². The van der Waals surface area contributed by atoms with Crippen molar-refractivity contribution >= 4 is 16.7 Å². The fraction of sp³-hybridized carbons (Fsp3) is 0.556. The molecule has 1 aromatic carbocycles. The molecule has 2 atom stereocenters. The van der Waals surface area contributed by atoms with Crippen LogP contribution in [0.15, 0.2) is 24.5 Å². The minimum Gasteiger partial charge on any atom is -0.352 e. The van der Waals surface area contributed by atoms with Gasteiger partial charge in [0.05, 0.1) is 5.52 Å². The second kappa shape index (κ2) is 4.40. The predicted molar refractivity (Wildman–Crippen MR) is 86.4 cm³/mol. The molecule has 4 heteroatoms. The van der Waals surface area contributed by atoms with Crippen molar-refractivity contribution in [1.82, 2.24) is 9.97 Å². The first-order valence-electron chi connectivity index (χ1n) is 8.02. The van der Waals surface area contributed by atoms with Gasteiger partial charge in [0, 0.05) is 18.0 Å². The normalized spacial score (nSPS) is 30.0.